The van der Waals surface area contributed by atoms with Crippen molar-refractivity contribution in [1.82, 2.24) is 9.97 Å². The number of nitrogens with zero attached hydrogens (tertiary/aromatic N) is 2. The number of non-ortho nitro benzene ring substituents is 1. The minimum atomic E-state index is -0.518. The van der Waals surface area contributed by atoms with E-state index in [9.17, 15) is 19.7 Å². The van der Waals surface area contributed by atoms with Gasteiger partial charge in [0.2, 0.25) is 5.91 Å². The van der Waals surface area contributed by atoms with E-state index in [0.717, 1.165) is 5.56 Å². The molecule has 0 saturated carbocycles. The van der Waals surface area contributed by atoms with Gasteiger partial charge in [-0.3, -0.25) is 19.7 Å². The molecule has 8 heteroatoms. The number of H-pyrrole nitrogens is 1. The molecule has 0 aliphatic heterocycles. The maximum atomic E-state index is 12.1. The third-order valence-corrected chi connectivity index (χ3v) is 3.65. The van der Waals surface area contributed by atoms with Crippen molar-refractivity contribution >= 4 is 17.3 Å². The standard InChI is InChI=1S/C16H18N4O4/c1-9-4-5-12(20(23)24)8-14(9)19-15(21)7-6-13-10(2)17-11(3)18-16(13)22/h4-5,8H,6-7H2,1-3H3,(H,19,21)(H,17,18,22). The molecule has 1 heterocycles. The Morgan fingerprint density at radius 3 is 2.67 bits per heavy atom. The number of carbonyl (C=O) groups is 1. The van der Waals surface area contributed by atoms with Crippen molar-refractivity contribution in [2.75, 3.05) is 5.32 Å². The third kappa shape index (κ3) is 4.03. The fourth-order valence-electron chi connectivity index (χ4n) is 2.35. The lowest BCUT2D eigenvalue weighted by atomic mass is 10.1. The van der Waals surface area contributed by atoms with E-state index in [1.807, 2.05) is 0 Å². The summed E-state index contributed by atoms with van der Waals surface area (Å²) in [7, 11) is 0. The van der Waals surface area contributed by atoms with Gasteiger partial charge in [-0.1, -0.05) is 6.07 Å². The van der Waals surface area contributed by atoms with Crippen molar-refractivity contribution in [3.05, 3.63) is 61.3 Å². The minimum absolute atomic E-state index is 0.0802. The van der Waals surface area contributed by atoms with E-state index in [1.54, 1.807) is 26.8 Å². The molecule has 0 radical (unpaired) electrons. The summed E-state index contributed by atoms with van der Waals surface area (Å²) in [5.74, 6) is 0.205. The van der Waals surface area contributed by atoms with Gasteiger partial charge in [-0.2, -0.15) is 0 Å². The second-order valence-corrected chi connectivity index (χ2v) is 5.52. The zero-order valence-electron chi connectivity index (χ0n) is 13.7. The van der Waals surface area contributed by atoms with Crippen LogP contribution in [0.5, 0.6) is 0 Å². The number of aryl methyl sites for hydroxylation is 3. The fourth-order valence-corrected chi connectivity index (χ4v) is 2.35. The van der Waals surface area contributed by atoms with Gasteiger partial charge in [-0.05, 0) is 32.8 Å². The van der Waals surface area contributed by atoms with Crippen molar-refractivity contribution in [3.8, 4) is 0 Å². The highest BCUT2D eigenvalue weighted by Crippen LogP contribution is 2.22. The number of nitro groups is 1. The Morgan fingerprint density at radius 2 is 2.04 bits per heavy atom. The van der Waals surface area contributed by atoms with Gasteiger partial charge in [0.1, 0.15) is 5.82 Å². The molecule has 0 saturated heterocycles. The van der Waals surface area contributed by atoms with E-state index in [1.165, 1.54) is 12.1 Å². The van der Waals surface area contributed by atoms with Crippen molar-refractivity contribution in [2.24, 2.45) is 0 Å². The number of nitro benzene ring substituents is 1. The minimum Gasteiger partial charge on any atom is -0.326 e. The van der Waals surface area contributed by atoms with Gasteiger partial charge < -0.3 is 10.3 Å². The number of anilines is 1. The van der Waals surface area contributed by atoms with Gasteiger partial charge in [0.25, 0.3) is 11.2 Å². The van der Waals surface area contributed by atoms with E-state index >= 15 is 0 Å². The molecule has 0 atom stereocenters. The summed E-state index contributed by atoms with van der Waals surface area (Å²) in [5.41, 5.74) is 1.83. The molecule has 0 aliphatic rings. The highest BCUT2D eigenvalue weighted by molar-refractivity contribution is 5.92. The Balaban J connectivity index is 2.08. The van der Waals surface area contributed by atoms with Gasteiger partial charge >= 0.3 is 0 Å². The van der Waals surface area contributed by atoms with Gasteiger partial charge in [0.15, 0.2) is 0 Å². The second-order valence-electron chi connectivity index (χ2n) is 5.52. The topological polar surface area (TPSA) is 118 Å². The Bertz CT molecular complexity index is 858. The average Bonchev–Trinajstić information content (AvgIpc) is 2.48. The SMILES string of the molecule is Cc1nc(C)c(CCC(=O)Nc2cc([N+](=O)[O-])ccc2C)c(=O)[nH]1. The molecular formula is C16H18N4O4. The van der Waals surface area contributed by atoms with Crippen LogP contribution in [-0.4, -0.2) is 20.8 Å². The van der Waals surface area contributed by atoms with Gasteiger partial charge in [-0.25, -0.2) is 4.98 Å². The number of aromatic amines is 1. The molecular weight excluding hydrogens is 312 g/mol. The van der Waals surface area contributed by atoms with Crippen molar-refractivity contribution in [3.63, 3.8) is 0 Å². The summed E-state index contributed by atoms with van der Waals surface area (Å²) in [6, 6.07) is 4.27. The molecule has 8 nitrogen and oxygen atoms in total. The molecule has 2 N–H and O–H groups in total. The fraction of sp³-hybridized carbons (Fsp3) is 0.312. The van der Waals surface area contributed by atoms with Crippen molar-refractivity contribution in [1.29, 1.82) is 0 Å². The van der Waals surface area contributed by atoms with Crippen molar-refractivity contribution < 1.29 is 9.72 Å². The number of nitrogens with one attached hydrogen (secondary N) is 2. The van der Waals surface area contributed by atoms with E-state index in [2.05, 4.69) is 15.3 Å². The summed E-state index contributed by atoms with van der Waals surface area (Å²) >= 11 is 0. The first-order chi connectivity index (χ1) is 11.3. The number of aromatic nitrogens is 2. The summed E-state index contributed by atoms with van der Waals surface area (Å²) in [6.45, 7) is 5.16. The summed E-state index contributed by atoms with van der Waals surface area (Å²) in [4.78, 5) is 41.1. The molecule has 2 rings (SSSR count). The van der Waals surface area contributed by atoms with Crippen LogP contribution in [0, 0.1) is 30.9 Å². The molecule has 1 aromatic heterocycles. The Morgan fingerprint density at radius 1 is 1.33 bits per heavy atom. The van der Waals surface area contributed by atoms with E-state index in [0.29, 0.717) is 22.8 Å². The summed E-state index contributed by atoms with van der Waals surface area (Å²) in [5, 5.41) is 13.5. The molecule has 0 fully saturated rings. The lowest BCUT2D eigenvalue weighted by Crippen LogP contribution is -2.20. The number of benzene rings is 1. The average molecular weight is 330 g/mol. The lowest BCUT2D eigenvalue weighted by molar-refractivity contribution is -0.384. The Hall–Kier alpha value is -3.03. The first-order valence-electron chi connectivity index (χ1n) is 7.39. The van der Waals surface area contributed by atoms with Crippen molar-refractivity contribution in [2.45, 2.75) is 33.6 Å². The maximum Gasteiger partial charge on any atom is 0.271 e. The van der Waals surface area contributed by atoms with Crippen LogP contribution in [0.15, 0.2) is 23.0 Å². The van der Waals surface area contributed by atoms with Gasteiger partial charge in [0.05, 0.1) is 10.6 Å². The first kappa shape index (κ1) is 17.3. The number of hydrogen-bond acceptors (Lipinski definition) is 5. The zero-order valence-corrected chi connectivity index (χ0v) is 13.7. The van der Waals surface area contributed by atoms with E-state index in [4.69, 9.17) is 0 Å². The highest BCUT2D eigenvalue weighted by atomic mass is 16.6. The monoisotopic (exact) mass is 330 g/mol. The lowest BCUT2D eigenvalue weighted by Gasteiger charge is -2.09. The smallest absolute Gasteiger partial charge is 0.271 e. The Labute approximate surface area is 138 Å². The van der Waals surface area contributed by atoms with Crippen LogP contribution in [0.1, 0.15) is 29.1 Å². The molecule has 0 spiro atoms. The van der Waals surface area contributed by atoms with Gasteiger partial charge in [-0.15, -0.1) is 0 Å². The van der Waals surface area contributed by atoms with Crippen LogP contribution in [0.25, 0.3) is 0 Å². The van der Waals surface area contributed by atoms with Crippen LogP contribution in [0.3, 0.4) is 0 Å². The molecule has 0 unspecified atom stereocenters. The van der Waals surface area contributed by atoms with Crippen LogP contribution < -0.4 is 10.9 Å². The van der Waals surface area contributed by atoms with Crippen LogP contribution in [0.4, 0.5) is 11.4 Å². The summed E-state index contributed by atoms with van der Waals surface area (Å²) < 4.78 is 0. The molecule has 2 aromatic rings. The second kappa shape index (κ2) is 7.03. The molecule has 1 aromatic carbocycles. The number of amides is 1. The molecule has 126 valence electrons. The Kier molecular flexibility index (Phi) is 5.08. The largest absolute Gasteiger partial charge is 0.326 e. The number of rotatable bonds is 5. The predicted octanol–water partition coefficient (Wildman–Crippen LogP) is 2.17. The zero-order chi connectivity index (χ0) is 17.9. The number of carbonyl (C=O) groups excluding carboxylic acids is 1. The molecule has 0 bridgehead atoms. The molecule has 1 amide bonds. The normalized spacial score (nSPS) is 10.5. The van der Waals surface area contributed by atoms with E-state index in [-0.39, 0.29) is 30.0 Å². The number of hydrogen-bond donors (Lipinski definition) is 2. The highest BCUT2D eigenvalue weighted by Gasteiger charge is 2.13. The van der Waals surface area contributed by atoms with Gasteiger partial charge in [0, 0.05) is 29.8 Å². The quantitative estimate of drug-likeness (QED) is 0.643. The third-order valence-electron chi connectivity index (χ3n) is 3.65. The van der Waals surface area contributed by atoms with Crippen LogP contribution in [-0.2, 0) is 11.2 Å². The predicted molar refractivity (Wildman–Crippen MR) is 89.1 cm³/mol. The molecule has 0 aliphatic carbocycles. The van der Waals surface area contributed by atoms with E-state index < -0.39 is 4.92 Å². The molecule has 24 heavy (non-hydrogen) atoms. The maximum absolute atomic E-state index is 12.1. The first-order valence-corrected chi connectivity index (χ1v) is 7.39. The van der Waals surface area contributed by atoms with Crippen LogP contribution in [0.2, 0.25) is 0 Å². The summed E-state index contributed by atoms with van der Waals surface area (Å²) in [6.07, 6.45) is 0.324. The van der Waals surface area contributed by atoms with Crippen LogP contribution >= 0.6 is 0 Å².